The average molecular weight is 396 g/mol. The van der Waals surface area contributed by atoms with Crippen molar-refractivity contribution in [2.75, 3.05) is 77.8 Å². The van der Waals surface area contributed by atoms with Crippen molar-refractivity contribution in [3.63, 3.8) is 0 Å². The van der Waals surface area contributed by atoms with Gasteiger partial charge in [-0.15, -0.1) is 0 Å². The molecule has 0 radical (unpaired) electrons. The van der Waals surface area contributed by atoms with Gasteiger partial charge in [0.1, 0.15) is 13.1 Å². The van der Waals surface area contributed by atoms with E-state index in [1.807, 2.05) is 13.8 Å². The van der Waals surface area contributed by atoms with E-state index in [-0.39, 0.29) is 5.91 Å². The Balaban J connectivity index is 1.87. The summed E-state index contributed by atoms with van der Waals surface area (Å²) in [5.74, 6) is 0.00892. The zero-order valence-electron chi connectivity index (χ0n) is 17.5. The van der Waals surface area contributed by atoms with Crippen LogP contribution in [0.25, 0.3) is 0 Å². The first-order valence-electron chi connectivity index (χ1n) is 10.1. The second-order valence-electron chi connectivity index (χ2n) is 7.20. The highest BCUT2D eigenvalue weighted by Gasteiger charge is 2.16. The molecule has 1 fully saturated rings. The molecule has 1 aromatic carbocycles. The maximum absolute atomic E-state index is 12.6. The van der Waals surface area contributed by atoms with E-state index in [1.54, 1.807) is 0 Å². The molecule has 7 nitrogen and oxygen atoms in total. The van der Waals surface area contributed by atoms with Crippen molar-refractivity contribution >= 4 is 11.6 Å². The third-order valence-electron chi connectivity index (χ3n) is 4.67. The minimum atomic E-state index is 0.00892. The first-order valence-corrected chi connectivity index (χ1v) is 10.1. The molecule has 0 aromatic heterocycles. The molecule has 0 spiro atoms. The largest absolute Gasteiger partial charge is 0.377 e. The van der Waals surface area contributed by atoms with E-state index in [2.05, 4.69) is 24.4 Å². The van der Waals surface area contributed by atoms with Crippen LogP contribution >= 0.6 is 0 Å². The molecule has 158 valence electrons. The highest BCUT2D eigenvalue weighted by molar-refractivity contribution is 5.93. The summed E-state index contributed by atoms with van der Waals surface area (Å²) in [6, 6.07) is 4.18. The van der Waals surface area contributed by atoms with Crippen LogP contribution in [0.4, 0.5) is 5.69 Å². The molecule has 1 amide bonds. The fourth-order valence-corrected chi connectivity index (χ4v) is 3.28. The maximum Gasteiger partial charge on any atom is 0.279 e. The zero-order valence-corrected chi connectivity index (χ0v) is 17.5. The lowest BCUT2D eigenvalue weighted by molar-refractivity contribution is -0.892. The number of ether oxygens (including phenoxy) is 4. The first kappa shape index (κ1) is 22.8. The molecule has 0 saturated carbocycles. The van der Waals surface area contributed by atoms with Crippen LogP contribution in [0.1, 0.15) is 16.7 Å². The predicted octanol–water partition coefficient (Wildman–Crippen LogP) is 0.515. The lowest BCUT2D eigenvalue weighted by atomic mass is 10.1. The Morgan fingerprint density at radius 2 is 1.25 bits per heavy atom. The second kappa shape index (κ2) is 12.9. The van der Waals surface area contributed by atoms with Crippen LogP contribution in [0, 0.1) is 20.8 Å². The summed E-state index contributed by atoms with van der Waals surface area (Å²) in [6.45, 7) is 12.5. The number of quaternary nitrogens is 1. The Labute approximate surface area is 168 Å². The smallest absolute Gasteiger partial charge is 0.279 e. The van der Waals surface area contributed by atoms with Gasteiger partial charge in [0.15, 0.2) is 6.54 Å². The number of hydrogen-bond acceptors (Lipinski definition) is 5. The summed E-state index contributed by atoms with van der Waals surface area (Å²) in [7, 11) is 0. The van der Waals surface area contributed by atoms with Gasteiger partial charge < -0.3 is 29.2 Å². The summed E-state index contributed by atoms with van der Waals surface area (Å²) in [5, 5.41) is 3.08. The van der Waals surface area contributed by atoms with Crippen LogP contribution in [0.5, 0.6) is 0 Å². The molecule has 1 heterocycles. The van der Waals surface area contributed by atoms with E-state index in [4.69, 9.17) is 18.9 Å². The predicted molar refractivity (Wildman–Crippen MR) is 108 cm³/mol. The topological polar surface area (TPSA) is 70.5 Å². The highest BCUT2D eigenvalue weighted by Crippen LogP contribution is 2.21. The van der Waals surface area contributed by atoms with Crippen molar-refractivity contribution in [3.05, 3.63) is 28.8 Å². The van der Waals surface area contributed by atoms with Crippen molar-refractivity contribution in [3.8, 4) is 0 Å². The van der Waals surface area contributed by atoms with Gasteiger partial charge in [0.25, 0.3) is 5.91 Å². The molecule has 1 aliphatic heterocycles. The summed E-state index contributed by atoms with van der Waals surface area (Å²) >= 11 is 0. The Kier molecular flexibility index (Phi) is 10.5. The van der Waals surface area contributed by atoms with Crippen molar-refractivity contribution < 1.29 is 28.6 Å². The number of aryl methyl sites for hydroxylation is 3. The third kappa shape index (κ3) is 8.67. The molecule has 0 bridgehead atoms. The van der Waals surface area contributed by atoms with Gasteiger partial charge in [-0.05, 0) is 31.9 Å². The van der Waals surface area contributed by atoms with Gasteiger partial charge in [-0.1, -0.05) is 17.7 Å². The third-order valence-corrected chi connectivity index (χ3v) is 4.67. The number of amides is 1. The second-order valence-corrected chi connectivity index (χ2v) is 7.20. The van der Waals surface area contributed by atoms with Crippen LogP contribution in [-0.2, 0) is 23.7 Å². The lowest BCUT2D eigenvalue weighted by Crippen LogP contribution is -3.14. The van der Waals surface area contributed by atoms with Gasteiger partial charge in [-0.25, -0.2) is 0 Å². The summed E-state index contributed by atoms with van der Waals surface area (Å²) < 4.78 is 22.1. The van der Waals surface area contributed by atoms with E-state index in [0.717, 1.165) is 34.8 Å². The number of nitrogens with one attached hydrogen (secondary N) is 2. The molecule has 1 aromatic rings. The minimum Gasteiger partial charge on any atom is -0.377 e. The fourth-order valence-electron chi connectivity index (χ4n) is 3.28. The van der Waals surface area contributed by atoms with Gasteiger partial charge in [-0.3, -0.25) is 4.79 Å². The van der Waals surface area contributed by atoms with Crippen LogP contribution < -0.4 is 10.2 Å². The molecule has 28 heavy (non-hydrogen) atoms. The van der Waals surface area contributed by atoms with E-state index in [9.17, 15) is 4.79 Å². The Morgan fingerprint density at radius 3 is 1.71 bits per heavy atom. The minimum absolute atomic E-state index is 0.00892. The quantitative estimate of drug-likeness (QED) is 0.781. The SMILES string of the molecule is Cc1cc(C)c(NC(=O)C[NH+]2CCOCCOCCOCCOCC2)c(C)c1. The maximum atomic E-state index is 12.6. The van der Waals surface area contributed by atoms with Gasteiger partial charge in [0.05, 0.1) is 52.9 Å². The lowest BCUT2D eigenvalue weighted by Gasteiger charge is -2.20. The summed E-state index contributed by atoms with van der Waals surface area (Å²) in [4.78, 5) is 13.8. The van der Waals surface area contributed by atoms with E-state index in [0.29, 0.717) is 59.4 Å². The molecular weight excluding hydrogens is 360 g/mol. The molecule has 7 heteroatoms. The van der Waals surface area contributed by atoms with E-state index in [1.165, 1.54) is 5.56 Å². The van der Waals surface area contributed by atoms with Crippen LogP contribution in [-0.4, -0.2) is 78.4 Å². The standard InChI is InChI=1S/C21H34N2O5/c1-17-14-18(2)21(19(3)15-17)22-20(24)16-23-4-6-25-8-10-27-12-13-28-11-9-26-7-5-23/h14-15H,4-13,16H2,1-3H3,(H,22,24)/p+1. The fraction of sp³-hybridized carbons (Fsp3) is 0.667. The summed E-state index contributed by atoms with van der Waals surface area (Å²) in [6.07, 6.45) is 0. The van der Waals surface area contributed by atoms with Crippen molar-refractivity contribution in [1.82, 2.24) is 0 Å². The Morgan fingerprint density at radius 1 is 0.821 bits per heavy atom. The molecule has 1 aliphatic rings. The first-order chi connectivity index (χ1) is 13.6. The van der Waals surface area contributed by atoms with Crippen LogP contribution in [0.2, 0.25) is 0 Å². The van der Waals surface area contributed by atoms with Crippen molar-refractivity contribution in [2.45, 2.75) is 20.8 Å². The van der Waals surface area contributed by atoms with E-state index >= 15 is 0 Å². The Bertz CT molecular complexity index is 569. The monoisotopic (exact) mass is 395 g/mol. The number of benzene rings is 1. The van der Waals surface area contributed by atoms with Gasteiger partial charge >= 0.3 is 0 Å². The normalized spacial score (nSPS) is 18.8. The molecular formula is C21H35N2O5+. The summed E-state index contributed by atoms with van der Waals surface area (Å²) in [5.41, 5.74) is 4.29. The number of hydrogen-bond donors (Lipinski definition) is 2. The zero-order chi connectivity index (χ0) is 20.2. The molecule has 1 saturated heterocycles. The van der Waals surface area contributed by atoms with Crippen molar-refractivity contribution in [2.24, 2.45) is 0 Å². The van der Waals surface area contributed by atoms with Gasteiger partial charge in [0, 0.05) is 5.69 Å². The van der Waals surface area contributed by atoms with Crippen LogP contribution in [0.3, 0.4) is 0 Å². The Hall–Kier alpha value is -1.51. The van der Waals surface area contributed by atoms with Gasteiger partial charge in [-0.2, -0.15) is 0 Å². The van der Waals surface area contributed by atoms with Gasteiger partial charge in [0.2, 0.25) is 0 Å². The number of carbonyl (C=O) groups is 1. The van der Waals surface area contributed by atoms with Crippen LogP contribution in [0.15, 0.2) is 12.1 Å². The number of carbonyl (C=O) groups excluding carboxylic acids is 1. The highest BCUT2D eigenvalue weighted by atomic mass is 16.6. The number of anilines is 1. The average Bonchev–Trinajstić information content (AvgIpc) is 2.65. The molecule has 0 aliphatic carbocycles. The van der Waals surface area contributed by atoms with Crippen molar-refractivity contribution in [1.29, 1.82) is 0 Å². The molecule has 0 unspecified atom stereocenters. The molecule has 0 atom stereocenters. The number of rotatable bonds is 3. The molecule has 2 N–H and O–H groups in total. The molecule has 2 rings (SSSR count). The van der Waals surface area contributed by atoms with E-state index < -0.39 is 0 Å².